The molecule has 1 aliphatic heterocycles. The van der Waals surface area contributed by atoms with Crippen LogP contribution in [-0.2, 0) is 14.8 Å². The minimum absolute atomic E-state index is 0.159. The molecule has 26 heavy (non-hydrogen) atoms. The lowest BCUT2D eigenvalue weighted by atomic mass is 9.99. The van der Waals surface area contributed by atoms with Crippen molar-refractivity contribution in [3.05, 3.63) is 29.8 Å². The van der Waals surface area contributed by atoms with Gasteiger partial charge in [-0.2, -0.15) is 4.31 Å². The second-order valence-corrected chi connectivity index (χ2v) is 9.53. The van der Waals surface area contributed by atoms with Crippen LogP contribution in [0.3, 0.4) is 0 Å². The van der Waals surface area contributed by atoms with E-state index in [-0.39, 0.29) is 11.8 Å². The molecule has 5 nitrogen and oxygen atoms in total. The summed E-state index contributed by atoms with van der Waals surface area (Å²) in [5.74, 6) is 0.806. The van der Waals surface area contributed by atoms with Crippen molar-refractivity contribution in [2.24, 2.45) is 5.92 Å². The molecule has 1 saturated carbocycles. The Morgan fingerprint density at radius 1 is 1.08 bits per heavy atom. The van der Waals surface area contributed by atoms with E-state index in [4.69, 9.17) is 0 Å². The van der Waals surface area contributed by atoms with Gasteiger partial charge in [0.25, 0.3) is 0 Å². The molecule has 0 radical (unpaired) electrons. The van der Waals surface area contributed by atoms with Crippen LogP contribution in [0.1, 0.15) is 57.4 Å². The first kappa shape index (κ1) is 19.4. The number of amides is 1. The van der Waals surface area contributed by atoms with Crippen molar-refractivity contribution in [3.8, 4) is 0 Å². The van der Waals surface area contributed by atoms with Gasteiger partial charge >= 0.3 is 0 Å². The van der Waals surface area contributed by atoms with Gasteiger partial charge in [0.05, 0.1) is 4.90 Å². The zero-order valence-corrected chi connectivity index (χ0v) is 16.7. The molecular formula is C20H30N2O3S. The molecule has 1 saturated heterocycles. The minimum atomic E-state index is -3.48. The fraction of sp³-hybridized carbons (Fsp3) is 0.650. The van der Waals surface area contributed by atoms with Crippen LogP contribution in [0.15, 0.2) is 29.2 Å². The van der Waals surface area contributed by atoms with E-state index in [1.54, 1.807) is 12.1 Å². The Morgan fingerprint density at radius 3 is 2.19 bits per heavy atom. The second kappa shape index (κ2) is 8.09. The van der Waals surface area contributed by atoms with Gasteiger partial charge in [0, 0.05) is 32.1 Å². The highest BCUT2D eigenvalue weighted by Gasteiger charge is 2.33. The van der Waals surface area contributed by atoms with Gasteiger partial charge < -0.3 is 4.90 Å². The van der Waals surface area contributed by atoms with Crippen LogP contribution in [0.4, 0.5) is 0 Å². The smallest absolute Gasteiger partial charge is 0.243 e. The van der Waals surface area contributed by atoms with Crippen LogP contribution in [0, 0.1) is 5.92 Å². The molecule has 1 aromatic carbocycles. The molecule has 0 aromatic heterocycles. The zero-order chi connectivity index (χ0) is 18.7. The van der Waals surface area contributed by atoms with E-state index in [0.29, 0.717) is 37.0 Å². The summed E-state index contributed by atoms with van der Waals surface area (Å²) < 4.78 is 27.3. The standard InChI is InChI=1S/C20H30N2O3S/c1-3-16(2)17-8-10-19(11-9-17)26(24,25)22-14-12-21(13-15-22)20(23)18-6-4-5-7-18/h8-11,16,18H,3-7,12-15H2,1-2H3/t16-/m1/s1. The maximum Gasteiger partial charge on any atom is 0.243 e. The summed E-state index contributed by atoms with van der Waals surface area (Å²) in [5, 5.41) is 0. The molecule has 1 atom stereocenters. The molecule has 0 unspecified atom stereocenters. The van der Waals surface area contributed by atoms with E-state index in [0.717, 1.165) is 32.1 Å². The van der Waals surface area contributed by atoms with Crippen LogP contribution in [0.25, 0.3) is 0 Å². The van der Waals surface area contributed by atoms with Crippen LogP contribution < -0.4 is 0 Å². The van der Waals surface area contributed by atoms with Gasteiger partial charge in [-0.05, 0) is 42.9 Å². The summed E-state index contributed by atoms with van der Waals surface area (Å²) in [4.78, 5) is 14.7. The van der Waals surface area contributed by atoms with Crippen molar-refractivity contribution >= 4 is 15.9 Å². The monoisotopic (exact) mass is 378 g/mol. The maximum atomic E-state index is 12.9. The fourth-order valence-corrected chi connectivity index (χ4v) is 5.36. The minimum Gasteiger partial charge on any atom is -0.340 e. The third kappa shape index (κ3) is 3.96. The fourth-order valence-electron chi connectivity index (χ4n) is 3.93. The number of carbonyl (C=O) groups excluding carboxylic acids is 1. The molecule has 1 aromatic rings. The van der Waals surface area contributed by atoms with Crippen LogP contribution >= 0.6 is 0 Å². The van der Waals surface area contributed by atoms with Crippen molar-refractivity contribution in [2.75, 3.05) is 26.2 Å². The molecule has 1 heterocycles. The Labute approximate surface area is 157 Å². The van der Waals surface area contributed by atoms with Gasteiger partial charge in [0.15, 0.2) is 0 Å². The number of carbonyl (C=O) groups is 1. The number of piperazine rings is 1. The summed E-state index contributed by atoms with van der Waals surface area (Å²) in [6.45, 7) is 6.03. The number of rotatable bonds is 5. The molecule has 144 valence electrons. The largest absolute Gasteiger partial charge is 0.340 e. The molecule has 3 rings (SSSR count). The lowest BCUT2D eigenvalue weighted by Crippen LogP contribution is -2.51. The lowest BCUT2D eigenvalue weighted by Gasteiger charge is -2.35. The van der Waals surface area contributed by atoms with Gasteiger partial charge in [-0.3, -0.25) is 4.79 Å². The number of nitrogens with zero attached hydrogens (tertiary/aromatic N) is 2. The topological polar surface area (TPSA) is 57.7 Å². The Balaban J connectivity index is 1.63. The summed E-state index contributed by atoms with van der Waals surface area (Å²) in [5.41, 5.74) is 1.17. The second-order valence-electron chi connectivity index (χ2n) is 7.59. The third-order valence-electron chi connectivity index (χ3n) is 5.95. The number of hydrogen-bond donors (Lipinski definition) is 0. The van der Waals surface area contributed by atoms with E-state index >= 15 is 0 Å². The Morgan fingerprint density at radius 2 is 1.65 bits per heavy atom. The molecule has 0 spiro atoms. The van der Waals surface area contributed by atoms with E-state index in [9.17, 15) is 13.2 Å². The molecule has 1 amide bonds. The molecule has 2 fully saturated rings. The van der Waals surface area contributed by atoms with E-state index < -0.39 is 10.0 Å². The van der Waals surface area contributed by atoms with Crippen molar-refractivity contribution in [3.63, 3.8) is 0 Å². The molecule has 0 N–H and O–H groups in total. The van der Waals surface area contributed by atoms with Gasteiger partial charge in [-0.1, -0.05) is 38.8 Å². The highest BCUT2D eigenvalue weighted by molar-refractivity contribution is 7.89. The summed E-state index contributed by atoms with van der Waals surface area (Å²) in [7, 11) is -3.48. The SMILES string of the molecule is CC[C@@H](C)c1ccc(S(=O)(=O)N2CCN(C(=O)C3CCCC3)CC2)cc1. The summed E-state index contributed by atoms with van der Waals surface area (Å²) in [6.07, 6.45) is 5.28. The normalized spacial score (nSPS) is 21.1. The number of benzene rings is 1. The van der Waals surface area contributed by atoms with E-state index in [1.807, 2.05) is 17.0 Å². The van der Waals surface area contributed by atoms with Gasteiger partial charge in [-0.15, -0.1) is 0 Å². The van der Waals surface area contributed by atoms with Crippen molar-refractivity contribution < 1.29 is 13.2 Å². The van der Waals surface area contributed by atoms with Crippen molar-refractivity contribution in [1.82, 2.24) is 9.21 Å². The predicted molar refractivity (Wildman–Crippen MR) is 102 cm³/mol. The lowest BCUT2D eigenvalue weighted by molar-refractivity contribution is -0.136. The third-order valence-corrected chi connectivity index (χ3v) is 7.87. The van der Waals surface area contributed by atoms with Gasteiger partial charge in [0.2, 0.25) is 15.9 Å². The van der Waals surface area contributed by atoms with Crippen LogP contribution in [-0.4, -0.2) is 49.7 Å². The van der Waals surface area contributed by atoms with Crippen molar-refractivity contribution in [1.29, 1.82) is 0 Å². The molecule has 0 bridgehead atoms. The quantitative estimate of drug-likeness (QED) is 0.790. The zero-order valence-electron chi connectivity index (χ0n) is 15.9. The molecule has 1 aliphatic carbocycles. The highest BCUT2D eigenvalue weighted by atomic mass is 32.2. The van der Waals surface area contributed by atoms with E-state index in [1.165, 1.54) is 9.87 Å². The summed E-state index contributed by atoms with van der Waals surface area (Å²) >= 11 is 0. The Bertz CT molecular complexity index is 716. The number of sulfonamides is 1. The first-order valence-corrected chi connectivity index (χ1v) is 11.3. The predicted octanol–water partition coefficient (Wildman–Crippen LogP) is 3.22. The van der Waals surface area contributed by atoms with Crippen LogP contribution in [0.5, 0.6) is 0 Å². The highest BCUT2D eigenvalue weighted by Crippen LogP contribution is 2.28. The molecular weight excluding hydrogens is 348 g/mol. The average molecular weight is 379 g/mol. The first-order chi connectivity index (χ1) is 12.4. The van der Waals surface area contributed by atoms with Crippen LogP contribution in [0.2, 0.25) is 0 Å². The molecule has 2 aliphatic rings. The molecule has 6 heteroatoms. The Kier molecular flexibility index (Phi) is 6.03. The summed E-state index contributed by atoms with van der Waals surface area (Å²) in [6, 6.07) is 7.27. The Hall–Kier alpha value is -1.40. The number of hydrogen-bond acceptors (Lipinski definition) is 3. The average Bonchev–Trinajstić information content (AvgIpc) is 3.21. The maximum absolute atomic E-state index is 12.9. The van der Waals surface area contributed by atoms with E-state index in [2.05, 4.69) is 13.8 Å². The van der Waals surface area contributed by atoms with Gasteiger partial charge in [0.1, 0.15) is 0 Å². The van der Waals surface area contributed by atoms with Gasteiger partial charge in [-0.25, -0.2) is 8.42 Å². The first-order valence-electron chi connectivity index (χ1n) is 9.82. The van der Waals surface area contributed by atoms with Crippen molar-refractivity contribution in [2.45, 2.75) is 56.8 Å².